The van der Waals surface area contributed by atoms with Crippen LogP contribution in [-0.2, 0) is 6.54 Å². The highest BCUT2D eigenvalue weighted by Crippen LogP contribution is 2.48. The summed E-state index contributed by atoms with van der Waals surface area (Å²) in [6, 6.07) is 8.41. The fourth-order valence-electron chi connectivity index (χ4n) is 3.61. The van der Waals surface area contributed by atoms with Crippen LogP contribution in [0.5, 0.6) is 5.75 Å². The van der Waals surface area contributed by atoms with Crippen LogP contribution in [0.3, 0.4) is 0 Å². The molecule has 1 aliphatic heterocycles. The van der Waals surface area contributed by atoms with E-state index in [9.17, 15) is 0 Å². The van der Waals surface area contributed by atoms with Crippen molar-refractivity contribution < 1.29 is 4.74 Å². The molecule has 104 valence electrons. The highest BCUT2D eigenvalue weighted by atomic mass is 16.5. The van der Waals surface area contributed by atoms with E-state index in [0.29, 0.717) is 5.41 Å². The lowest BCUT2D eigenvalue weighted by Gasteiger charge is -2.55. The van der Waals surface area contributed by atoms with Crippen LogP contribution < -0.4 is 10.1 Å². The summed E-state index contributed by atoms with van der Waals surface area (Å²) in [7, 11) is 3.94. The van der Waals surface area contributed by atoms with Gasteiger partial charge in [-0.25, -0.2) is 0 Å². The molecule has 0 aromatic heterocycles. The molecule has 0 amide bonds. The fourth-order valence-corrected chi connectivity index (χ4v) is 3.61. The van der Waals surface area contributed by atoms with Crippen molar-refractivity contribution in [3.8, 4) is 5.75 Å². The number of rotatable bonds is 5. The molecule has 1 saturated heterocycles. The largest absolute Gasteiger partial charge is 0.497 e. The number of ether oxygens (including phenoxy) is 1. The first kappa shape index (κ1) is 12.9. The van der Waals surface area contributed by atoms with Crippen LogP contribution in [0.4, 0.5) is 0 Å². The van der Waals surface area contributed by atoms with Crippen molar-refractivity contribution in [2.24, 2.45) is 11.3 Å². The molecule has 3 nitrogen and oxygen atoms in total. The van der Waals surface area contributed by atoms with E-state index >= 15 is 0 Å². The highest BCUT2D eigenvalue weighted by molar-refractivity contribution is 5.27. The number of hydrogen-bond acceptors (Lipinski definition) is 3. The third kappa shape index (κ3) is 2.77. The van der Waals surface area contributed by atoms with Gasteiger partial charge in [-0.15, -0.1) is 0 Å². The molecular formula is C16H24N2O. The summed E-state index contributed by atoms with van der Waals surface area (Å²) in [5, 5.41) is 3.40. The summed E-state index contributed by atoms with van der Waals surface area (Å²) in [4.78, 5) is 2.45. The number of nitrogens with zero attached hydrogens (tertiary/aromatic N) is 1. The zero-order valence-corrected chi connectivity index (χ0v) is 12.0. The fraction of sp³-hybridized carbons (Fsp3) is 0.625. The molecule has 2 fully saturated rings. The van der Waals surface area contributed by atoms with Crippen LogP contribution in [0.25, 0.3) is 0 Å². The monoisotopic (exact) mass is 260 g/mol. The van der Waals surface area contributed by atoms with E-state index in [1.54, 1.807) is 7.11 Å². The van der Waals surface area contributed by atoms with Gasteiger partial charge in [-0.2, -0.15) is 0 Å². The van der Waals surface area contributed by atoms with Gasteiger partial charge >= 0.3 is 0 Å². The van der Waals surface area contributed by atoms with Gasteiger partial charge in [0.15, 0.2) is 0 Å². The zero-order chi connectivity index (χ0) is 13.3. The van der Waals surface area contributed by atoms with Gasteiger partial charge in [0.1, 0.15) is 5.75 Å². The molecule has 3 rings (SSSR count). The van der Waals surface area contributed by atoms with Crippen LogP contribution in [0.1, 0.15) is 18.4 Å². The topological polar surface area (TPSA) is 24.5 Å². The molecule has 0 bridgehead atoms. The van der Waals surface area contributed by atoms with E-state index in [1.807, 2.05) is 12.1 Å². The third-order valence-electron chi connectivity index (χ3n) is 4.62. The quantitative estimate of drug-likeness (QED) is 0.877. The zero-order valence-electron chi connectivity index (χ0n) is 12.0. The van der Waals surface area contributed by atoms with Gasteiger partial charge in [-0.3, -0.25) is 0 Å². The van der Waals surface area contributed by atoms with Crippen LogP contribution >= 0.6 is 0 Å². The Hall–Kier alpha value is -1.06. The van der Waals surface area contributed by atoms with Crippen molar-refractivity contribution in [1.29, 1.82) is 0 Å². The van der Waals surface area contributed by atoms with Gasteiger partial charge in [-0.1, -0.05) is 12.1 Å². The minimum Gasteiger partial charge on any atom is -0.497 e. The van der Waals surface area contributed by atoms with Crippen molar-refractivity contribution in [1.82, 2.24) is 10.2 Å². The predicted molar refractivity (Wildman–Crippen MR) is 77.4 cm³/mol. The molecule has 2 aliphatic rings. The summed E-state index contributed by atoms with van der Waals surface area (Å²) in [6.45, 7) is 4.77. The number of nitrogens with one attached hydrogen (secondary N) is 1. The van der Waals surface area contributed by atoms with Crippen molar-refractivity contribution in [3.05, 3.63) is 29.8 Å². The molecule has 1 spiro atoms. The lowest BCUT2D eigenvalue weighted by molar-refractivity contribution is -0.0133. The molecule has 19 heavy (non-hydrogen) atoms. The molecule has 1 aromatic rings. The molecule has 3 heteroatoms. The average Bonchev–Trinajstić information content (AvgIpc) is 2.32. The van der Waals surface area contributed by atoms with Gasteiger partial charge in [-0.05, 0) is 48.9 Å². The normalized spacial score (nSPS) is 21.2. The van der Waals surface area contributed by atoms with Gasteiger partial charge in [0.2, 0.25) is 0 Å². The lowest BCUT2D eigenvalue weighted by Crippen LogP contribution is -2.61. The van der Waals surface area contributed by atoms with E-state index in [4.69, 9.17) is 4.74 Å². The number of hydrogen-bond donors (Lipinski definition) is 1. The second-order valence-corrected chi connectivity index (χ2v) is 6.42. The standard InChI is InChI=1S/C16H24N2O/c1-18(9-13-3-5-15(19-2)6-4-13)10-14-7-16(8-14)11-17-12-16/h3-6,14,17H,7-12H2,1-2H3. The molecule has 1 heterocycles. The summed E-state index contributed by atoms with van der Waals surface area (Å²) in [5.74, 6) is 1.84. The number of methoxy groups -OCH3 is 1. The van der Waals surface area contributed by atoms with E-state index in [2.05, 4.69) is 29.4 Å². The Morgan fingerprint density at radius 3 is 2.47 bits per heavy atom. The number of benzene rings is 1. The van der Waals surface area contributed by atoms with Crippen molar-refractivity contribution in [3.63, 3.8) is 0 Å². The maximum Gasteiger partial charge on any atom is 0.118 e. The molecule has 0 radical (unpaired) electrons. The van der Waals surface area contributed by atoms with E-state index < -0.39 is 0 Å². The Kier molecular flexibility index (Phi) is 3.50. The Labute approximate surface area is 115 Å². The Balaban J connectivity index is 1.44. The first-order valence-corrected chi connectivity index (χ1v) is 7.21. The molecule has 0 unspecified atom stereocenters. The summed E-state index contributed by atoms with van der Waals surface area (Å²) in [5.41, 5.74) is 2.06. The van der Waals surface area contributed by atoms with E-state index in [-0.39, 0.29) is 0 Å². The van der Waals surface area contributed by atoms with Crippen molar-refractivity contribution in [2.45, 2.75) is 19.4 Å². The summed E-state index contributed by atoms with van der Waals surface area (Å²) >= 11 is 0. The third-order valence-corrected chi connectivity index (χ3v) is 4.62. The molecule has 1 saturated carbocycles. The van der Waals surface area contributed by atoms with Crippen LogP contribution in [0.15, 0.2) is 24.3 Å². The Morgan fingerprint density at radius 2 is 1.95 bits per heavy atom. The maximum atomic E-state index is 5.19. The minimum atomic E-state index is 0.700. The second-order valence-electron chi connectivity index (χ2n) is 6.42. The lowest BCUT2D eigenvalue weighted by atomic mass is 9.58. The van der Waals surface area contributed by atoms with E-state index in [0.717, 1.165) is 18.2 Å². The van der Waals surface area contributed by atoms with Crippen molar-refractivity contribution >= 4 is 0 Å². The SMILES string of the molecule is COc1ccc(CN(C)CC2CC3(CNC3)C2)cc1. The highest BCUT2D eigenvalue weighted by Gasteiger charge is 2.48. The van der Waals surface area contributed by atoms with Crippen LogP contribution in [0.2, 0.25) is 0 Å². The average molecular weight is 260 g/mol. The first-order valence-electron chi connectivity index (χ1n) is 7.21. The van der Waals surface area contributed by atoms with Crippen LogP contribution in [-0.4, -0.2) is 38.7 Å². The predicted octanol–water partition coefficient (Wildman–Crippen LogP) is 2.13. The minimum absolute atomic E-state index is 0.700. The maximum absolute atomic E-state index is 5.19. The smallest absolute Gasteiger partial charge is 0.118 e. The molecule has 0 atom stereocenters. The molecule has 1 aliphatic carbocycles. The second kappa shape index (κ2) is 5.14. The van der Waals surface area contributed by atoms with E-state index in [1.165, 1.54) is 38.0 Å². The summed E-state index contributed by atoms with van der Waals surface area (Å²) in [6.07, 6.45) is 2.85. The van der Waals surface area contributed by atoms with Gasteiger partial charge in [0, 0.05) is 26.2 Å². The molecule has 1 N–H and O–H groups in total. The summed E-state index contributed by atoms with van der Waals surface area (Å²) < 4.78 is 5.19. The Bertz CT molecular complexity index is 417. The van der Waals surface area contributed by atoms with Gasteiger partial charge in [0.05, 0.1) is 7.11 Å². The molecular weight excluding hydrogens is 236 g/mol. The van der Waals surface area contributed by atoms with Gasteiger partial charge in [0.25, 0.3) is 0 Å². The first-order chi connectivity index (χ1) is 9.19. The van der Waals surface area contributed by atoms with Crippen LogP contribution in [0, 0.1) is 11.3 Å². The Morgan fingerprint density at radius 1 is 1.26 bits per heavy atom. The molecule has 1 aromatic carbocycles. The van der Waals surface area contributed by atoms with Crippen molar-refractivity contribution in [2.75, 3.05) is 33.8 Å². The van der Waals surface area contributed by atoms with Gasteiger partial charge < -0.3 is 15.0 Å².